The van der Waals surface area contributed by atoms with Crippen LogP contribution >= 0.6 is 0 Å². The number of nitrogens with one attached hydrogen (secondary N) is 1. The summed E-state index contributed by atoms with van der Waals surface area (Å²) in [5.41, 5.74) is 2.86. The Labute approximate surface area is 68.3 Å². The average Bonchev–Trinajstić information content (AvgIpc) is 1.93. The van der Waals surface area contributed by atoms with E-state index in [-0.39, 0.29) is 0 Å². The highest BCUT2D eigenvalue weighted by Gasteiger charge is 2.25. The fraction of sp³-hybridized carbons (Fsp3) is 1.00. The van der Waals surface area contributed by atoms with E-state index in [1.807, 2.05) is 0 Å². The predicted octanol–water partition coefficient (Wildman–Crippen LogP) is 0.655. The van der Waals surface area contributed by atoms with Crippen LogP contribution in [0.2, 0.25) is 0 Å². The summed E-state index contributed by atoms with van der Waals surface area (Å²) in [5, 5.41) is 0. The standard InChI is InChI=1S/C8H18N2O/c1-11-6-5-8(10-9)7-3-2-4-7/h7-8,10H,2-6,9H2,1H3. The highest BCUT2D eigenvalue weighted by Crippen LogP contribution is 2.30. The Bertz CT molecular complexity index is 104. The second-order valence-corrected chi connectivity index (χ2v) is 3.25. The van der Waals surface area contributed by atoms with Crippen molar-refractivity contribution in [2.75, 3.05) is 13.7 Å². The van der Waals surface area contributed by atoms with Gasteiger partial charge in [0.25, 0.3) is 0 Å². The SMILES string of the molecule is COCCC(NN)C1CCC1. The quantitative estimate of drug-likeness (QED) is 0.456. The lowest BCUT2D eigenvalue weighted by molar-refractivity contribution is 0.147. The number of hydrogen-bond acceptors (Lipinski definition) is 3. The number of methoxy groups -OCH3 is 1. The van der Waals surface area contributed by atoms with Crippen LogP contribution in [-0.2, 0) is 4.74 Å². The van der Waals surface area contributed by atoms with Crippen LogP contribution in [0.25, 0.3) is 0 Å². The molecule has 1 saturated carbocycles. The van der Waals surface area contributed by atoms with E-state index in [2.05, 4.69) is 5.43 Å². The molecule has 1 aliphatic carbocycles. The molecule has 3 heteroatoms. The minimum Gasteiger partial charge on any atom is -0.385 e. The molecule has 66 valence electrons. The van der Waals surface area contributed by atoms with E-state index in [0.29, 0.717) is 6.04 Å². The Morgan fingerprint density at radius 1 is 1.64 bits per heavy atom. The highest BCUT2D eigenvalue weighted by molar-refractivity contribution is 4.80. The van der Waals surface area contributed by atoms with Crippen LogP contribution < -0.4 is 11.3 Å². The maximum Gasteiger partial charge on any atom is 0.0477 e. The van der Waals surface area contributed by atoms with E-state index < -0.39 is 0 Å². The number of nitrogens with two attached hydrogens (primary N) is 1. The summed E-state index contributed by atoms with van der Waals surface area (Å²) < 4.78 is 5.00. The van der Waals surface area contributed by atoms with Crippen LogP contribution in [0.1, 0.15) is 25.7 Å². The molecular formula is C8H18N2O. The lowest BCUT2D eigenvalue weighted by Gasteiger charge is -2.33. The highest BCUT2D eigenvalue weighted by atomic mass is 16.5. The van der Waals surface area contributed by atoms with Crippen LogP contribution in [0, 0.1) is 5.92 Å². The molecule has 0 aliphatic heterocycles. The smallest absolute Gasteiger partial charge is 0.0477 e. The Morgan fingerprint density at radius 2 is 2.36 bits per heavy atom. The van der Waals surface area contributed by atoms with Crippen molar-refractivity contribution in [2.24, 2.45) is 11.8 Å². The van der Waals surface area contributed by atoms with Crippen molar-refractivity contribution >= 4 is 0 Å². The third-order valence-electron chi connectivity index (χ3n) is 2.57. The maximum atomic E-state index is 5.42. The van der Waals surface area contributed by atoms with E-state index in [4.69, 9.17) is 10.6 Å². The molecule has 11 heavy (non-hydrogen) atoms. The van der Waals surface area contributed by atoms with Crippen LogP contribution in [0.15, 0.2) is 0 Å². The predicted molar refractivity (Wildman–Crippen MR) is 44.9 cm³/mol. The van der Waals surface area contributed by atoms with Gasteiger partial charge in [-0.1, -0.05) is 6.42 Å². The first-order chi connectivity index (χ1) is 5.38. The van der Waals surface area contributed by atoms with Crippen LogP contribution in [0.3, 0.4) is 0 Å². The molecule has 1 atom stereocenters. The molecule has 0 heterocycles. The monoisotopic (exact) mass is 158 g/mol. The van der Waals surface area contributed by atoms with E-state index in [9.17, 15) is 0 Å². The van der Waals surface area contributed by atoms with Gasteiger partial charge in [0.05, 0.1) is 0 Å². The number of ether oxygens (including phenoxy) is 1. The summed E-state index contributed by atoms with van der Waals surface area (Å²) in [6, 6.07) is 0.476. The molecule has 0 saturated heterocycles. The molecule has 0 spiro atoms. The van der Waals surface area contributed by atoms with Crippen LogP contribution in [0.4, 0.5) is 0 Å². The summed E-state index contributed by atoms with van der Waals surface area (Å²) in [6.07, 6.45) is 5.07. The number of rotatable bonds is 5. The van der Waals surface area contributed by atoms with Gasteiger partial charge in [-0.2, -0.15) is 0 Å². The van der Waals surface area contributed by atoms with Crippen molar-refractivity contribution in [3.05, 3.63) is 0 Å². The molecule has 0 aromatic rings. The summed E-state index contributed by atoms with van der Waals surface area (Å²) >= 11 is 0. The second-order valence-electron chi connectivity index (χ2n) is 3.25. The minimum absolute atomic E-state index is 0.476. The fourth-order valence-corrected chi connectivity index (χ4v) is 1.54. The molecular weight excluding hydrogens is 140 g/mol. The Kier molecular flexibility index (Phi) is 3.83. The molecule has 1 aliphatic rings. The number of hydrazine groups is 1. The Balaban J connectivity index is 2.13. The van der Waals surface area contributed by atoms with Gasteiger partial charge in [0.1, 0.15) is 0 Å². The zero-order valence-corrected chi connectivity index (χ0v) is 7.18. The van der Waals surface area contributed by atoms with Crippen molar-refractivity contribution in [1.29, 1.82) is 0 Å². The molecule has 1 rings (SSSR count). The lowest BCUT2D eigenvalue weighted by Crippen LogP contribution is -2.44. The first-order valence-electron chi connectivity index (χ1n) is 4.33. The molecule has 0 aromatic heterocycles. The van der Waals surface area contributed by atoms with E-state index in [0.717, 1.165) is 18.9 Å². The topological polar surface area (TPSA) is 47.3 Å². The normalized spacial score (nSPS) is 21.3. The Morgan fingerprint density at radius 3 is 2.73 bits per heavy atom. The summed E-state index contributed by atoms with van der Waals surface area (Å²) in [5.74, 6) is 6.22. The molecule has 0 aromatic carbocycles. The van der Waals surface area contributed by atoms with Gasteiger partial charge in [0.15, 0.2) is 0 Å². The largest absolute Gasteiger partial charge is 0.385 e. The number of hydrogen-bond donors (Lipinski definition) is 2. The zero-order chi connectivity index (χ0) is 8.10. The van der Waals surface area contributed by atoms with Crippen LogP contribution in [-0.4, -0.2) is 19.8 Å². The van der Waals surface area contributed by atoms with Crippen molar-refractivity contribution in [3.8, 4) is 0 Å². The summed E-state index contributed by atoms with van der Waals surface area (Å²) in [7, 11) is 1.73. The van der Waals surface area contributed by atoms with Gasteiger partial charge in [-0.15, -0.1) is 0 Å². The van der Waals surface area contributed by atoms with Gasteiger partial charge < -0.3 is 4.74 Å². The van der Waals surface area contributed by atoms with Crippen molar-refractivity contribution < 1.29 is 4.74 Å². The van der Waals surface area contributed by atoms with Gasteiger partial charge >= 0.3 is 0 Å². The van der Waals surface area contributed by atoms with Gasteiger partial charge in [-0.3, -0.25) is 11.3 Å². The summed E-state index contributed by atoms with van der Waals surface area (Å²) in [4.78, 5) is 0. The lowest BCUT2D eigenvalue weighted by atomic mass is 9.79. The second kappa shape index (κ2) is 4.70. The zero-order valence-electron chi connectivity index (χ0n) is 7.18. The van der Waals surface area contributed by atoms with E-state index in [1.54, 1.807) is 7.11 Å². The Hall–Kier alpha value is -0.120. The third-order valence-corrected chi connectivity index (χ3v) is 2.57. The average molecular weight is 158 g/mol. The van der Waals surface area contributed by atoms with Crippen molar-refractivity contribution in [1.82, 2.24) is 5.43 Å². The van der Waals surface area contributed by atoms with E-state index in [1.165, 1.54) is 19.3 Å². The molecule has 3 N–H and O–H groups in total. The molecule has 1 fully saturated rings. The molecule has 3 nitrogen and oxygen atoms in total. The van der Waals surface area contributed by atoms with Gasteiger partial charge in [0.2, 0.25) is 0 Å². The first-order valence-corrected chi connectivity index (χ1v) is 4.33. The summed E-state index contributed by atoms with van der Waals surface area (Å²) in [6.45, 7) is 0.811. The maximum absolute atomic E-state index is 5.42. The molecule has 0 bridgehead atoms. The third kappa shape index (κ3) is 2.43. The van der Waals surface area contributed by atoms with E-state index >= 15 is 0 Å². The van der Waals surface area contributed by atoms with Crippen molar-refractivity contribution in [3.63, 3.8) is 0 Å². The molecule has 0 radical (unpaired) electrons. The molecule has 0 amide bonds. The van der Waals surface area contributed by atoms with Gasteiger partial charge in [-0.25, -0.2) is 0 Å². The van der Waals surface area contributed by atoms with Crippen LogP contribution in [0.5, 0.6) is 0 Å². The van der Waals surface area contributed by atoms with Crippen molar-refractivity contribution in [2.45, 2.75) is 31.7 Å². The first kappa shape index (κ1) is 8.97. The minimum atomic E-state index is 0.476. The van der Waals surface area contributed by atoms with Gasteiger partial charge in [0, 0.05) is 19.8 Å². The fourth-order valence-electron chi connectivity index (χ4n) is 1.54. The molecule has 1 unspecified atom stereocenters. The van der Waals surface area contributed by atoms with Gasteiger partial charge in [-0.05, 0) is 25.2 Å².